The summed E-state index contributed by atoms with van der Waals surface area (Å²) in [6.45, 7) is 2.40. The van der Waals surface area contributed by atoms with Crippen LogP contribution in [0.1, 0.15) is 174 Å². The standard InChI is InChI=1S/C54H92O15/c1-3-5-7-9-11-13-15-17-18-19-20-21-22-23-25-26-28-30-32-34-36-45(56)64-39-42(67-46(57)37-35-33-31-29-27-24-16-14-12-10-8-6-4-2)40-65-53-52(63)50(61)48(59)44(69-53)41-66-54-51(62)49(60)47(58)43(38-55)68-54/h6,8,10,12,14,16,20-21,24,27,42-44,47-55,58-63H,3-5,7,9,11,13,15,17-19,22-23,25-26,28-41H2,1-2H3/b8-6+,12-10+,16-14+,21-20+,27-24+/t42?,43-,44-,47+,48+,49?,50?,51?,52?,53-,54-/m1/s1. The van der Waals surface area contributed by atoms with E-state index in [2.05, 4.69) is 38.2 Å². The average Bonchev–Trinajstić information content (AvgIpc) is 3.34. The van der Waals surface area contributed by atoms with Gasteiger partial charge in [-0.1, -0.05) is 164 Å². The Morgan fingerprint density at radius 2 is 0.928 bits per heavy atom. The number of carbonyl (C=O) groups excluding carboxylic acids is 2. The van der Waals surface area contributed by atoms with Gasteiger partial charge in [-0.3, -0.25) is 9.59 Å². The van der Waals surface area contributed by atoms with Gasteiger partial charge in [-0.15, -0.1) is 0 Å². The van der Waals surface area contributed by atoms with Crippen molar-refractivity contribution in [2.45, 2.75) is 242 Å². The molecule has 2 aliphatic heterocycles. The van der Waals surface area contributed by atoms with E-state index in [1.807, 2.05) is 36.5 Å². The number of esters is 2. The summed E-state index contributed by atoms with van der Waals surface area (Å²) in [6, 6.07) is 0. The first-order chi connectivity index (χ1) is 33.5. The molecular formula is C54H92O15. The van der Waals surface area contributed by atoms with Crippen molar-refractivity contribution in [1.82, 2.24) is 0 Å². The molecule has 0 amide bonds. The van der Waals surface area contributed by atoms with Crippen LogP contribution in [0.15, 0.2) is 60.8 Å². The lowest BCUT2D eigenvalue weighted by molar-refractivity contribution is -0.332. The van der Waals surface area contributed by atoms with Gasteiger partial charge in [0.05, 0.1) is 19.8 Å². The Bertz CT molecular complexity index is 1430. The summed E-state index contributed by atoms with van der Waals surface area (Å²) in [6.07, 6.45) is 29.7. The van der Waals surface area contributed by atoms with E-state index >= 15 is 0 Å². The van der Waals surface area contributed by atoms with Crippen molar-refractivity contribution in [3.63, 3.8) is 0 Å². The zero-order valence-electron chi connectivity index (χ0n) is 42.0. The van der Waals surface area contributed by atoms with Crippen molar-refractivity contribution in [1.29, 1.82) is 0 Å². The third-order valence-electron chi connectivity index (χ3n) is 12.3. The Hall–Kier alpha value is -2.80. The maximum absolute atomic E-state index is 13.0. The van der Waals surface area contributed by atoms with Crippen LogP contribution in [0.2, 0.25) is 0 Å². The number of carbonyl (C=O) groups is 2. The Kier molecular flexibility index (Phi) is 36.8. The van der Waals surface area contributed by atoms with Gasteiger partial charge < -0.3 is 64.2 Å². The lowest BCUT2D eigenvalue weighted by Crippen LogP contribution is -2.61. The second-order valence-corrected chi connectivity index (χ2v) is 18.4. The molecule has 0 radical (unpaired) electrons. The molecule has 0 spiro atoms. The first-order valence-electron chi connectivity index (χ1n) is 26.4. The second kappa shape index (κ2) is 40.8. The molecule has 2 aliphatic rings. The van der Waals surface area contributed by atoms with Crippen LogP contribution in [0.4, 0.5) is 0 Å². The molecule has 15 nitrogen and oxygen atoms in total. The third kappa shape index (κ3) is 28.7. The highest BCUT2D eigenvalue weighted by atomic mass is 16.7. The van der Waals surface area contributed by atoms with E-state index in [0.717, 1.165) is 57.8 Å². The summed E-state index contributed by atoms with van der Waals surface area (Å²) in [5.41, 5.74) is 0. The van der Waals surface area contributed by atoms with Crippen LogP contribution in [0.25, 0.3) is 0 Å². The number of hydrogen-bond donors (Lipinski definition) is 7. The minimum absolute atomic E-state index is 0.116. The third-order valence-corrected chi connectivity index (χ3v) is 12.3. The van der Waals surface area contributed by atoms with Crippen LogP contribution in [0.3, 0.4) is 0 Å². The lowest BCUT2D eigenvalue weighted by Gasteiger charge is -2.42. The molecule has 11 atom stereocenters. The molecule has 2 fully saturated rings. The summed E-state index contributed by atoms with van der Waals surface area (Å²) in [4.78, 5) is 25.8. The molecule has 0 aromatic carbocycles. The molecule has 0 aromatic heterocycles. The summed E-state index contributed by atoms with van der Waals surface area (Å²) in [5.74, 6) is -0.978. The highest BCUT2D eigenvalue weighted by molar-refractivity contribution is 5.70. The van der Waals surface area contributed by atoms with Gasteiger partial charge in [-0.25, -0.2) is 0 Å². The predicted molar refractivity (Wildman–Crippen MR) is 266 cm³/mol. The molecule has 7 N–H and O–H groups in total. The van der Waals surface area contributed by atoms with Crippen molar-refractivity contribution in [2.75, 3.05) is 26.4 Å². The van der Waals surface area contributed by atoms with Crippen molar-refractivity contribution in [3.8, 4) is 0 Å². The summed E-state index contributed by atoms with van der Waals surface area (Å²) in [5, 5.41) is 72.1. The van der Waals surface area contributed by atoms with E-state index in [1.165, 1.54) is 77.0 Å². The van der Waals surface area contributed by atoms with Gasteiger partial charge in [0.25, 0.3) is 0 Å². The van der Waals surface area contributed by atoms with Crippen LogP contribution in [0.5, 0.6) is 0 Å². The fraction of sp³-hybridized carbons (Fsp3) is 0.778. The molecule has 15 heteroatoms. The highest BCUT2D eigenvalue weighted by Crippen LogP contribution is 2.26. The monoisotopic (exact) mass is 981 g/mol. The van der Waals surface area contributed by atoms with E-state index in [0.29, 0.717) is 12.8 Å². The summed E-state index contributed by atoms with van der Waals surface area (Å²) < 4.78 is 33.5. The topological polar surface area (TPSA) is 231 Å². The predicted octanol–water partition coefficient (Wildman–Crippen LogP) is 7.66. The summed E-state index contributed by atoms with van der Waals surface area (Å²) in [7, 11) is 0. The first kappa shape index (κ1) is 62.3. The zero-order valence-corrected chi connectivity index (χ0v) is 42.0. The Morgan fingerprint density at radius 1 is 0.478 bits per heavy atom. The van der Waals surface area contributed by atoms with Crippen molar-refractivity contribution < 1.29 is 73.8 Å². The molecule has 0 saturated carbocycles. The highest BCUT2D eigenvalue weighted by Gasteiger charge is 2.47. The van der Waals surface area contributed by atoms with Gasteiger partial charge in [0.2, 0.25) is 0 Å². The molecule has 69 heavy (non-hydrogen) atoms. The SMILES string of the molecule is CC/C=C/C=C/C=C/C=C/CCCCCC(=O)OC(COC(=O)CCCCCCCCC/C=C/CCCCCCCCCCC)CO[C@@H]1O[C@H](CO[C@@H]2O[C@H](CO)[C@H](O)C(O)C2O)[C@H](O)C(O)C1O. The quantitative estimate of drug-likeness (QED) is 0.0135. The smallest absolute Gasteiger partial charge is 0.306 e. The van der Waals surface area contributed by atoms with Crippen molar-refractivity contribution in [3.05, 3.63) is 60.8 Å². The normalized spacial score (nSPS) is 26.0. The molecular weight excluding hydrogens is 889 g/mol. The van der Waals surface area contributed by atoms with E-state index in [9.17, 15) is 45.3 Å². The molecule has 0 bridgehead atoms. The summed E-state index contributed by atoms with van der Waals surface area (Å²) >= 11 is 0. The maximum Gasteiger partial charge on any atom is 0.306 e. The fourth-order valence-corrected chi connectivity index (χ4v) is 7.99. The van der Waals surface area contributed by atoms with E-state index < -0.39 is 99.3 Å². The van der Waals surface area contributed by atoms with E-state index in [4.69, 9.17) is 28.4 Å². The van der Waals surface area contributed by atoms with Crippen LogP contribution in [-0.2, 0) is 38.0 Å². The van der Waals surface area contributed by atoms with Gasteiger partial charge in [-0.2, -0.15) is 0 Å². The number of allylic oxidation sites excluding steroid dienone is 10. The molecule has 0 aromatic rings. The maximum atomic E-state index is 13.0. The molecule has 398 valence electrons. The second-order valence-electron chi connectivity index (χ2n) is 18.4. The van der Waals surface area contributed by atoms with Gasteiger partial charge in [-0.05, 0) is 57.8 Å². The molecule has 5 unspecified atom stereocenters. The molecule has 2 heterocycles. The molecule has 2 saturated heterocycles. The van der Waals surface area contributed by atoms with Crippen LogP contribution < -0.4 is 0 Å². The number of aliphatic hydroxyl groups is 7. The average molecular weight is 981 g/mol. The Balaban J connectivity index is 1.79. The number of rotatable bonds is 40. The van der Waals surface area contributed by atoms with Crippen LogP contribution in [0, 0.1) is 0 Å². The van der Waals surface area contributed by atoms with Crippen LogP contribution in [-0.4, -0.2) is 142 Å². The zero-order chi connectivity index (χ0) is 50.3. The fourth-order valence-electron chi connectivity index (χ4n) is 7.99. The van der Waals surface area contributed by atoms with E-state index in [1.54, 1.807) is 0 Å². The van der Waals surface area contributed by atoms with Gasteiger partial charge >= 0.3 is 11.9 Å². The molecule has 0 aliphatic carbocycles. The van der Waals surface area contributed by atoms with Crippen molar-refractivity contribution in [2.24, 2.45) is 0 Å². The Labute approximate surface area is 413 Å². The molecule has 2 rings (SSSR count). The minimum Gasteiger partial charge on any atom is -0.462 e. The lowest BCUT2D eigenvalue weighted by atomic mass is 9.98. The number of aliphatic hydroxyl groups excluding tert-OH is 7. The Morgan fingerprint density at radius 3 is 1.49 bits per heavy atom. The van der Waals surface area contributed by atoms with Crippen molar-refractivity contribution >= 4 is 11.9 Å². The van der Waals surface area contributed by atoms with E-state index in [-0.39, 0.29) is 19.4 Å². The number of ether oxygens (including phenoxy) is 6. The first-order valence-corrected chi connectivity index (χ1v) is 26.4. The van der Waals surface area contributed by atoms with Gasteiger partial charge in [0.1, 0.15) is 55.4 Å². The minimum atomic E-state index is -1.78. The van der Waals surface area contributed by atoms with Crippen LogP contribution >= 0.6 is 0 Å². The number of unbranched alkanes of at least 4 members (excludes halogenated alkanes) is 19. The van der Waals surface area contributed by atoms with Gasteiger partial charge in [0.15, 0.2) is 18.7 Å². The van der Waals surface area contributed by atoms with Gasteiger partial charge in [0, 0.05) is 12.8 Å². The number of hydrogen-bond acceptors (Lipinski definition) is 15. The largest absolute Gasteiger partial charge is 0.462 e.